The van der Waals surface area contributed by atoms with Gasteiger partial charge in [0.05, 0.1) is 12.7 Å². The number of hydrogen-bond acceptors (Lipinski definition) is 3. The van der Waals surface area contributed by atoms with Crippen molar-refractivity contribution in [3.8, 4) is 0 Å². The Kier molecular flexibility index (Phi) is 5.15. The average molecular weight is 276 g/mol. The molecule has 1 aromatic rings. The smallest absolute Gasteiger partial charge is 0.224 e. The van der Waals surface area contributed by atoms with Gasteiger partial charge in [-0.05, 0) is 30.7 Å². The van der Waals surface area contributed by atoms with Crippen molar-refractivity contribution in [1.29, 1.82) is 0 Å². The number of likely N-dealkylation sites (N-methyl/N-ethyl adjacent to an activating group) is 1. The standard InChI is InChI=1S/C16H24N2O2/c1-12(2)9-16(19)17-14-6-4-5-13(10-14)15-11-18(3)7-8-20-15/h4-6,10,12,15H,7-9,11H2,1-3H3,(H,17,19). The average Bonchev–Trinajstić information content (AvgIpc) is 2.38. The van der Waals surface area contributed by atoms with E-state index in [1.54, 1.807) is 0 Å². The topological polar surface area (TPSA) is 41.6 Å². The van der Waals surface area contributed by atoms with E-state index in [1.165, 1.54) is 0 Å². The Morgan fingerprint density at radius 1 is 1.50 bits per heavy atom. The van der Waals surface area contributed by atoms with E-state index < -0.39 is 0 Å². The summed E-state index contributed by atoms with van der Waals surface area (Å²) in [6, 6.07) is 7.97. The van der Waals surface area contributed by atoms with Crippen LogP contribution in [0.5, 0.6) is 0 Å². The zero-order valence-corrected chi connectivity index (χ0v) is 12.6. The van der Waals surface area contributed by atoms with E-state index in [0.29, 0.717) is 12.3 Å². The van der Waals surface area contributed by atoms with Crippen LogP contribution in [0, 0.1) is 5.92 Å². The molecule has 20 heavy (non-hydrogen) atoms. The van der Waals surface area contributed by atoms with Crippen LogP contribution in [0.15, 0.2) is 24.3 Å². The number of nitrogens with zero attached hydrogens (tertiary/aromatic N) is 1. The maximum Gasteiger partial charge on any atom is 0.224 e. The van der Waals surface area contributed by atoms with E-state index in [1.807, 2.05) is 32.0 Å². The summed E-state index contributed by atoms with van der Waals surface area (Å²) in [7, 11) is 2.10. The van der Waals surface area contributed by atoms with Gasteiger partial charge in [0, 0.05) is 25.2 Å². The number of ether oxygens (including phenoxy) is 1. The van der Waals surface area contributed by atoms with Gasteiger partial charge in [-0.1, -0.05) is 26.0 Å². The van der Waals surface area contributed by atoms with Crippen LogP contribution in [0.4, 0.5) is 5.69 Å². The summed E-state index contributed by atoms with van der Waals surface area (Å²) in [5.74, 6) is 0.437. The highest BCUT2D eigenvalue weighted by molar-refractivity contribution is 5.90. The molecule has 0 aliphatic carbocycles. The first-order valence-corrected chi connectivity index (χ1v) is 7.24. The van der Waals surface area contributed by atoms with Crippen LogP contribution in [0.1, 0.15) is 31.9 Å². The van der Waals surface area contributed by atoms with E-state index in [0.717, 1.165) is 30.9 Å². The Balaban J connectivity index is 2.02. The Morgan fingerprint density at radius 2 is 2.30 bits per heavy atom. The summed E-state index contributed by atoms with van der Waals surface area (Å²) in [6.07, 6.45) is 0.642. The predicted molar refractivity (Wildman–Crippen MR) is 80.7 cm³/mol. The lowest BCUT2D eigenvalue weighted by Gasteiger charge is -2.30. The van der Waals surface area contributed by atoms with Crippen molar-refractivity contribution in [2.75, 3.05) is 32.1 Å². The zero-order chi connectivity index (χ0) is 14.5. The summed E-state index contributed by atoms with van der Waals surface area (Å²) in [5, 5.41) is 2.96. The Labute approximate surface area is 121 Å². The molecule has 0 saturated carbocycles. The highest BCUT2D eigenvalue weighted by Crippen LogP contribution is 2.24. The van der Waals surface area contributed by atoms with Crippen molar-refractivity contribution in [3.05, 3.63) is 29.8 Å². The van der Waals surface area contributed by atoms with E-state index in [-0.39, 0.29) is 12.0 Å². The molecular weight excluding hydrogens is 252 g/mol. The first-order chi connectivity index (χ1) is 9.54. The van der Waals surface area contributed by atoms with Gasteiger partial charge in [-0.2, -0.15) is 0 Å². The first-order valence-electron chi connectivity index (χ1n) is 7.24. The maximum atomic E-state index is 11.8. The number of morpholine rings is 1. The van der Waals surface area contributed by atoms with Crippen LogP contribution >= 0.6 is 0 Å². The molecule has 1 aliphatic rings. The molecule has 4 nitrogen and oxygen atoms in total. The van der Waals surface area contributed by atoms with Gasteiger partial charge in [0.25, 0.3) is 0 Å². The Morgan fingerprint density at radius 3 is 3.00 bits per heavy atom. The van der Waals surface area contributed by atoms with Crippen LogP contribution in [-0.4, -0.2) is 37.6 Å². The second-order valence-electron chi connectivity index (χ2n) is 5.89. The van der Waals surface area contributed by atoms with Crippen molar-refractivity contribution in [1.82, 2.24) is 4.90 Å². The normalized spacial score (nSPS) is 20.1. The monoisotopic (exact) mass is 276 g/mol. The molecule has 1 fully saturated rings. The lowest BCUT2D eigenvalue weighted by atomic mass is 10.1. The number of carbonyl (C=O) groups is 1. The predicted octanol–water partition coefficient (Wildman–Crippen LogP) is 2.67. The molecule has 1 amide bonds. The SMILES string of the molecule is CC(C)CC(=O)Nc1cccc(C2CN(C)CCO2)c1. The number of benzene rings is 1. The van der Waals surface area contributed by atoms with Gasteiger partial charge >= 0.3 is 0 Å². The molecule has 0 bridgehead atoms. The lowest BCUT2D eigenvalue weighted by Crippen LogP contribution is -2.35. The van der Waals surface area contributed by atoms with Gasteiger partial charge in [0.15, 0.2) is 0 Å². The van der Waals surface area contributed by atoms with Gasteiger partial charge < -0.3 is 15.0 Å². The second-order valence-corrected chi connectivity index (χ2v) is 5.89. The molecule has 0 radical (unpaired) electrons. The van der Waals surface area contributed by atoms with Crippen LogP contribution in [0.25, 0.3) is 0 Å². The molecule has 1 saturated heterocycles. The fourth-order valence-electron chi connectivity index (χ4n) is 2.38. The molecule has 1 heterocycles. The van der Waals surface area contributed by atoms with Gasteiger partial charge in [0.1, 0.15) is 0 Å². The maximum absolute atomic E-state index is 11.8. The number of carbonyl (C=O) groups excluding carboxylic acids is 1. The lowest BCUT2D eigenvalue weighted by molar-refractivity contribution is -0.116. The molecule has 4 heteroatoms. The molecule has 0 aromatic heterocycles. The van der Waals surface area contributed by atoms with Crippen molar-refractivity contribution >= 4 is 11.6 Å². The molecule has 1 N–H and O–H groups in total. The van der Waals surface area contributed by atoms with Crippen LogP contribution in [-0.2, 0) is 9.53 Å². The van der Waals surface area contributed by atoms with Crippen molar-refractivity contribution in [3.63, 3.8) is 0 Å². The highest BCUT2D eigenvalue weighted by Gasteiger charge is 2.19. The summed E-state index contributed by atoms with van der Waals surface area (Å²) in [6.45, 7) is 6.71. The first kappa shape index (κ1) is 15.0. The molecule has 1 unspecified atom stereocenters. The van der Waals surface area contributed by atoms with Gasteiger partial charge in [0.2, 0.25) is 5.91 Å². The number of hydrogen-bond donors (Lipinski definition) is 1. The fourth-order valence-corrected chi connectivity index (χ4v) is 2.38. The minimum atomic E-state index is 0.0684. The molecule has 0 spiro atoms. The summed E-state index contributed by atoms with van der Waals surface area (Å²) < 4.78 is 5.80. The van der Waals surface area contributed by atoms with Crippen molar-refractivity contribution in [2.45, 2.75) is 26.4 Å². The van der Waals surface area contributed by atoms with E-state index in [2.05, 4.69) is 23.3 Å². The number of rotatable bonds is 4. The quantitative estimate of drug-likeness (QED) is 0.919. The minimum absolute atomic E-state index is 0.0684. The fraction of sp³-hybridized carbons (Fsp3) is 0.562. The van der Waals surface area contributed by atoms with Crippen LogP contribution in [0.2, 0.25) is 0 Å². The second kappa shape index (κ2) is 6.86. The third-order valence-electron chi connectivity index (χ3n) is 3.41. The summed E-state index contributed by atoms with van der Waals surface area (Å²) in [5.41, 5.74) is 1.98. The zero-order valence-electron chi connectivity index (χ0n) is 12.6. The van der Waals surface area contributed by atoms with Crippen molar-refractivity contribution in [2.24, 2.45) is 5.92 Å². The Hall–Kier alpha value is -1.39. The number of amides is 1. The highest BCUT2D eigenvalue weighted by atomic mass is 16.5. The van der Waals surface area contributed by atoms with E-state index in [9.17, 15) is 4.79 Å². The van der Waals surface area contributed by atoms with Crippen LogP contribution in [0.3, 0.4) is 0 Å². The molecular formula is C16H24N2O2. The Bertz CT molecular complexity index is 460. The molecule has 110 valence electrons. The molecule has 2 rings (SSSR count). The molecule has 1 aliphatic heterocycles. The van der Waals surface area contributed by atoms with E-state index in [4.69, 9.17) is 4.74 Å². The number of anilines is 1. The summed E-state index contributed by atoms with van der Waals surface area (Å²) in [4.78, 5) is 14.1. The van der Waals surface area contributed by atoms with Gasteiger partial charge in [-0.25, -0.2) is 0 Å². The van der Waals surface area contributed by atoms with Gasteiger partial charge in [-0.3, -0.25) is 4.79 Å². The third kappa shape index (κ3) is 4.32. The van der Waals surface area contributed by atoms with Crippen LogP contribution < -0.4 is 5.32 Å². The summed E-state index contributed by atoms with van der Waals surface area (Å²) >= 11 is 0. The van der Waals surface area contributed by atoms with Crippen molar-refractivity contribution < 1.29 is 9.53 Å². The largest absolute Gasteiger partial charge is 0.371 e. The van der Waals surface area contributed by atoms with E-state index >= 15 is 0 Å². The number of nitrogens with one attached hydrogen (secondary N) is 1. The van der Waals surface area contributed by atoms with Gasteiger partial charge in [-0.15, -0.1) is 0 Å². The molecule has 1 atom stereocenters. The third-order valence-corrected chi connectivity index (χ3v) is 3.41. The molecule has 1 aromatic carbocycles. The minimum Gasteiger partial charge on any atom is -0.371 e.